The Morgan fingerprint density at radius 1 is 1.05 bits per heavy atom. The average molecular weight is 281 g/mol. The Kier molecular flexibility index (Phi) is 6.34. The van der Waals surface area contributed by atoms with E-state index in [0.717, 1.165) is 38.0 Å². The Balaban J connectivity index is 1.67. The van der Waals surface area contributed by atoms with Crippen molar-refractivity contribution in [2.45, 2.75) is 89.2 Å². The minimum Gasteiger partial charge on any atom is -0.391 e. The van der Waals surface area contributed by atoms with Gasteiger partial charge >= 0.3 is 0 Å². The Hall–Kier alpha value is -0.570. The molecular weight excluding hydrogens is 250 g/mol. The molecule has 0 saturated heterocycles. The molecule has 2 fully saturated rings. The monoisotopic (exact) mass is 281 g/mol. The summed E-state index contributed by atoms with van der Waals surface area (Å²) in [5.74, 6) is 1.09. The summed E-state index contributed by atoms with van der Waals surface area (Å²) in [6.07, 6.45) is 13.5. The Morgan fingerprint density at radius 3 is 2.40 bits per heavy atom. The van der Waals surface area contributed by atoms with Crippen LogP contribution in [0.4, 0.5) is 0 Å². The topological polar surface area (TPSA) is 40.5 Å². The molecule has 0 aromatic heterocycles. The summed E-state index contributed by atoms with van der Waals surface area (Å²) in [7, 11) is 1.88. The zero-order valence-electron chi connectivity index (χ0n) is 13.0. The molecule has 116 valence electrons. The Labute approximate surface area is 123 Å². The number of likely N-dealkylation sites (N-methyl/N-ethyl adjacent to an activating group) is 1. The van der Waals surface area contributed by atoms with E-state index in [4.69, 9.17) is 0 Å². The van der Waals surface area contributed by atoms with Gasteiger partial charge in [0.15, 0.2) is 0 Å². The van der Waals surface area contributed by atoms with Crippen molar-refractivity contribution >= 4 is 5.91 Å². The van der Waals surface area contributed by atoms with E-state index in [1.54, 1.807) is 0 Å². The number of hydrogen-bond donors (Lipinski definition) is 1. The molecule has 3 nitrogen and oxygen atoms in total. The molecular formula is C17H31NO2. The quantitative estimate of drug-likeness (QED) is 0.838. The van der Waals surface area contributed by atoms with Crippen LogP contribution in [-0.2, 0) is 4.79 Å². The standard InChI is InChI=1S/C17H31NO2/c1-18(15-11-5-6-12-16(15)19)17(20)13-7-10-14-8-3-2-4-9-14/h14-16,19H,2-13H2,1H3. The van der Waals surface area contributed by atoms with Gasteiger partial charge in [-0.2, -0.15) is 0 Å². The first kappa shape index (κ1) is 15.8. The highest BCUT2D eigenvalue weighted by molar-refractivity contribution is 5.76. The van der Waals surface area contributed by atoms with E-state index in [0.29, 0.717) is 6.42 Å². The molecule has 0 aliphatic heterocycles. The first-order chi connectivity index (χ1) is 9.68. The smallest absolute Gasteiger partial charge is 0.222 e. The van der Waals surface area contributed by atoms with E-state index < -0.39 is 0 Å². The number of amides is 1. The Morgan fingerprint density at radius 2 is 1.70 bits per heavy atom. The summed E-state index contributed by atoms with van der Waals surface area (Å²) >= 11 is 0. The van der Waals surface area contributed by atoms with Crippen molar-refractivity contribution in [1.82, 2.24) is 4.90 Å². The van der Waals surface area contributed by atoms with Gasteiger partial charge in [0.25, 0.3) is 0 Å². The number of carbonyl (C=O) groups is 1. The SMILES string of the molecule is CN(C(=O)CCCC1CCCCC1)C1CCCCC1O. The van der Waals surface area contributed by atoms with Crippen LogP contribution in [0.5, 0.6) is 0 Å². The van der Waals surface area contributed by atoms with E-state index in [2.05, 4.69) is 0 Å². The minimum absolute atomic E-state index is 0.0610. The van der Waals surface area contributed by atoms with Gasteiger partial charge < -0.3 is 10.0 Å². The number of nitrogens with zero attached hydrogens (tertiary/aromatic N) is 1. The van der Waals surface area contributed by atoms with Gasteiger partial charge in [0, 0.05) is 13.5 Å². The molecule has 1 N–H and O–H groups in total. The number of hydrogen-bond acceptors (Lipinski definition) is 2. The molecule has 2 saturated carbocycles. The summed E-state index contributed by atoms with van der Waals surface area (Å²) in [5, 5.41) is 10.0. The van der Waals surface area contributed by atoms with E-state index in [-0.39, 0.29) is 18.1 Å². The molecule has 2 aliphatic carbocycles. The maximum atomic E-state index is 12.2. The van der Waals surface area contributed by atoms with Crippen molar-refractivity contribution < 1.29 is 9.90 Å². The number of carbonyl (C=O) groups excluding carboxylic acids is 1. The van der Waals surface area contributed by atoms with E-state index >= 15 is 0 Å². The fourth-order valence-electron chi connectivity index (χ4n) is 3.92. The number of aliphatic hydroxyl groups is 1. The normalized spacial score (nSPS) is 28.3. The lowest BCUT2D eigenvalue weighted by molar-refractivity contribution is -0.135. The third-order valence-electron chi connectivity index (χ3n) is 5.31. The molecule has 2 aliphatic rings. The maximum absolute atomic E-state index is 12.2. The third kappa shape index (κ3) is 4.47. The van der Waals surface area contributed by atoms with Crippen LogP contribution in [0.3, 0.4) is 0 Å². The molecule has 0 aromatic rings. The van der Waals surface area contributed by atoms with Gasteiger partial charge in [-0.3, -0.25) is 4.79 Å². The molecule has 0 bridgehead atoms. The lowest BCUT2D eigenvalue weighted by Gasteiger charge is -2.35. The van der Waals surface area contributed by atoms with Gasteiger partial charge in [-0.1, -0.05) is 44.9 Å². The van der Waals surface area contributed by atoms with Crippen LogP contribution in [0.15, 0.2) is 0 Å². The second kappa shape index (κ2) is 8.02. The molecule has 0 heterocycles. The maximum Gasteiger partial charge on any atom is 0.222 e. The molecule has 2 atom stereocenters. The van der Waals surface area contributed by atoms with Crippen molar-refractivity contribution in [2.24, 2.45) is 5.92 Å². The molecule has 3 heteroatoms. The minimum atomic E-state index is -0.309. The summed E-state index contributed by atoms with van der Waals surface area (Å²) in [6, 6.07) is 0.0610. The molecule has 0 spiro atoms. The lowest BCUT2D eigenvalue weighted by atomic mass is 9.85. The van der Waals surface area contributed by atoms with E-state index in [9.17, 15) is 9.90 Å². The van der Waals surface area contributed by atoms with Gasteiger partial charge in [0.05, 0.1) is 12.1 Å². The highest BCUT2D eigenvalue weighted by Crippen LogP contribution is 2.28. The fourth-order valence-corrected chi connectivity index (χ4v) is 3.92. The summed E-state index contributed by atoms with van der Waals surface area (Å²) < 4.78 is 0. The van der Waals surface area contributed by atoms with Gasteiger partial charge in [-0.15, -0.1) is 0 Å². The van der Waals surface area contributed by atoms with Crippen molar-refractivity contribution in [3.05, 3.63) is 0 Å². The molecule has 0 radical (unpaired) electrons. The summed E-state index contributed by atoms with van der Waals surface area (Å²) in [6.45, 7) is 0. The zero-order chi connectivity index (χ0) is 14.4. The van der Waals surface area contributed by atoms with E-state index in [1.165, 1.54) is 38.5 Å². The second-order valence-electron chi connectivity index (χ2n) is 6.82. The van der Waals surface area contributed by atoms with Crippen LogP contribution in [0.2, 0.25) is 0 Å². The third-order valence-corrected chi connectivity index (χ3v) is 5.31. The highest BCUT2D eigenvalue weighted by Gasteiger charge is 2.29. The highest BCUT2D eigenvalue weighted by atomic mass is 16.3. The molecule has 1 amide bonds. The Bertz CT molecular complexity index is 299. The van der Waals surface area contributed by atoms with Crippen molar-refractivity contribution in [3.63, 3.8) is 0 Å². The number of aliphatic hydroxyl groups excluding tert-OH is 1. The van der Waals surface area contributed by atoms with Gasteiger partial charge in [-0.25, -0.2) is 0 Å². The molecule has 2 rings (SSSR count). The van der Waals surface area contributed by atoms with Gasteiger partial charge in [-0.05, 0) is 31.6 Å². The zero-order valence-corrected chi connectivity index (χ0v) is 13.0. The summed E-state index contributed by atoms with van der Waals surface area (Å²) in [5.41, 5.74) is 0. The van der Waals surface area contributed by atoms with Gasteiger partial charge in [0.1, 0.15) is 0 Å². The number of rotatable bonds is 5. The largest absolute Gasteiger partial charge is 0.391 e. The van der Waals surface area contributed by atoms with Crippen LogP contribution in [-0.4, -0.2) is 35.1 Å². The van der Waals surface area contributed by atoms with Crippen LogP contribution in [0.25, 0.3) is 0 Å². The van der Waals surface area contributed by atoms with Crippen LogP contribution in [0, 0.1) is 5.92 Å². The van der Waals surface area contributed by atoms with Crippen molar-refractivity contribution in [3.8, 4) is 0 Å². The first-order valence-electron chi connectivity index (χ1n) is 8.62. The van der Waals surface area contributed by atoms with Crippen molar-refractivity contribution in [2.75, 3.05) is 7.05 Å². The van der Waals surface area contributed by atoms with Crippen LogP contribution in [0.1, 0.15) is 77.0 Å². The van der Waals surface area contributed by atoms with E-state index in [1.807, 2.05) is 11.9 Å². The van der Waals surface area contributed by atoms with Crippen LogP contribution < -0.4 is 0 Å². The lowest BCUT2D eigenvalue weighted by Crippen LogP contribution is -2.46. The van der Waals surface area contributed by atoms with Crippen molar-refractivity contribution in [1.29, 1.82) is 0 Å². The fraction of sp³-hybridized carbons (Fsp3) is 0.941. The molecule has 20 heavy (non-hydrogen) atoms. The van der Waals surface area contributed by atoms with Crippen LogP contribution >= 0.6 is 0 Å². The summed E-state index contributed by atoms with van der Waals surface area (Å²) in [4.78, 5) is 14.1. The predicted octanol–water partition coefficient (Wildman–Crippen LogP) is 3.50. The average Bonchev–Trinajstić information content (AvgIpc) is 2.48. The molecule has 2 unspecified atom stereocenters. The first-order valence-corrected chi connectivity index (χ1v) is 8.62. The second-order valence-corrected chi connectivity index (χ2v) is 6.82. The molecule has 0 aromatic carbocycles. The van der Waals surface area contributed by atoms with Gasteiger partial charge in [0.2, 0.25) is 5.91 Å². The predicted molar refractivity (Wildman–Crippen MR) is 81.5 cm³/mol.